The molecule has 1 aliphatic carbocycles. The van der Waals surface area contributed by atoms with Gasteiger partial charge in [0.1, 0.15) is 12.4 Å². The summed E-state index contributed by atoms with van der Waals surface area (Å²) in [5, 5.41) is 0. The third kappa shape index (κ3) is 6.24. The molecule has 0 bridgehead atoms. The van der Waals surface area contributed by atoms with E-state index in [0.717, 1.165) is 51.5 Å². The monoisotopic (exact) mass is 428 g/mol. The van der Waals surface area contributed by atoms with Gasteiger partial charge >= 0.3 is 0 Å². The zero-order valence-electron chi connectivity index (χ0n) is 19.6. The van der Waals surface area contributed by atoms with Crippen LogP contribution < -0.4 is 4.74 Å². The minimum atomic E-state index is 0.0363. The fourth-order valence-corrected chi connectivity index (χ4v) is 5.00. The summed E-state index contributed by atoms with van der Waals surface area (Å²) in [7, 11) is 0. The largest absolute Gasteiger partial charge is 0.491 e. The van der Waals surface area contributed by atoms with E-state index < -0.39 is 0 Å². The molecule has 31 heavy (non-hydrogen) atoms. The first-order valence-corrected chi connectivity index (χ1v) is 12.3. The highest BCUT2D eigenvalue weighted by molar-refractivity contribution is 5.97. The number of para-hydroxylation sites is 1. The van der Waals surface area contributed by atoms with Crippen molar-refractivity contribution in [1.29, 1.82) is 0 Å². The summed E-state index contributed by atoms with van der Waals surface area (Å²) in [6.07, 6.45) is 8.35. The SMILES string of the molecule is CCN1CCCCN(C(=O)C2CCCCC2)[C@@H](CC(C)C)COc2ccccc2C1=O. The normalized spacial score (nSPS) is 21.8. The maximum atomic E-state index is 13.6. The molecule has 0 saturated heterocycles. The average molecular weight is 429 g/mol. The average Bonchev–Trinajstić information content (AvgIpc) is 2.78. The van der Waals surface area contributed by atoms with E-state index in [1.165, 1.54) is 6.42 Å². The van der Waals surface area contributed by atoms with Crippen LogP contribution in [0.4, 0.5) is 0 Å². The molecule has 5 nitrogen and oxygen atoms in total. The van der Waals surface area contributed by atoms with Crippen molar-refractivity contribution >= 4 is 11.8 Å². The van der Waals surface area contributed by atoms with Crippen molar-refractivity contribution in [3.8, 4) is 5.75 Å². The van der Waals surface area contributed by atoms with Crippen molar-refractivity contribution < 1.29 is 14.3 Å². The van der Waals surface area contributed by atoms with Gasteiger partial charge in [0, 0.05) is 25.6 Å². The molecule has 1 aromatic rings. The smallest absolute Gasteiger partial charge is 0.257 e. The molecule has 5 heteroatoms. The van der Waals surface area contributed by atoms with Crippen LogP contribution in [-0.4, -0.2) is 53.9 Å². The maximum Gasteiger partial charge on any atom is 0.257 e. The molecule has 0 N–H and O–H groups in total. The highest BCUT2D eigenvalue weighted by Gasteiger charge is 2.32. The number of rotatable bonds is 4. The highest BCUT2D eigenvalue weighted by atomic mass is 16.5. The second-order valence-corrected chi connectivity index (χ2v) is 9.55. The molecule has 0 spiro atoms. The summed E-state index contributed by atoms with van der Waals surface area (Å²) < 4.78 is 6.26. The zero-order chi connectivity index (χ0) is 22.2. The topological polar surface area (TPSA) is 49.9 Å². The lowest BCUT2D eigenvalue weighted by Crippen LogP contribution is -2.48. The minimum Gasteiger partial charge on any atom is -0.491 e. The Balaban J connectivity index is 1.88. The Kier molecular flexibility index (Phi) is 8.79. The molecule has 1 saturated carbocycles. The predicted molar refractivity (Wildman–Crippen MR) is 124 cm³/mol. The number of hydrogen-bond acceptors (Lipinski definition) is 3. The van der Waals surface area contributed by atoms with Crippen LogP contribution in [0, 0.1) is 11.8 Å². The van der Waals surface area contributed by atoms with Crippen molar-refractivity contribution in [2.24, 2.45) is 11.8 Å². The first kappa shape index (κ1) is 23.6. The number of carbonyl (C=O) groups excluding carboxylic acids is 2. The van der Waals surface area contributed by atoms with Gasteiger partial charge in [-0.05, 0) is 57.1 Å². The Labute approximate surface area is 188 Å². The van der Waals surface area contributed by atoms with E-state index in [1.54, 1.807) is 0 Å². The lowest BCUT2D eigenvalue weighted by Gasteiger charge is -2.37. The van der Waals surface area contributed by atoms with Gasteiger partial charge < -0.3 is 14.5 Å². The third-order valence-electron chi connectivity index (χ3n) is 6.72. The minimum absolute atomic E-state index is 0.0363. The molecule has 1 fully saturated rings. The van der Waals surface area contributed by atoms with E-state index in [0.29, 0.717) is 42.8 Å². The number of fused-ring (bicyclic) bond motifs is 1. The summed E-state index contributed by atoms with van der Waals surface area (Å²) in [4.78, 5) is 30.7. The predicted octanol–water partition coefficient (Wildman–Crippen LogP) is 5.14. The Hall–Kier alpha value is -2.04. The van der Waals surface area contributed by atoms with Gasteiger partial charge in [0.2, 0.25) is 5.91 Å². The Morgan fingerprint density at radius 1 is 1.06 bits per heavy atom. The molecule has 2 amide bonds. The number of nitrogens with zero attached hydrogens (tertiary/aromatic N) is 2. The molecule has 1 atom stereocenters. The summed E-state index contributed by atoms with van der Waals surface area (Å²) >= 11 is 0. The molecular weight excluding hydrogens is 388 g/mol. The highest BCUT2D eigenvalue weighted by Crippen LogP contribution is 2.28. The van der Waals surface area contributed by atoms with Crippen LogP contribution in [0.2, 0.25) is 0 Å². The second-order valence-electron chi connectivity index (χ2n) is 9.55. The fourth-order valence-electron chi connectivity index (χ4n) is 5.00. The lowest BCUT2D eigenvalue weighted by molar-refractivity contribution is -0.140. The van der Waals surface area contributed by atoms with Crippen LogP contribution in [0.5, 0.6) is 5.75 Å². The van der Waals surface area contributed by atoms with Gasteiger partial charge in [0.05, 0.1) is 11.6 Å². The van der Waals surface area contributed by atoms with E-state index in [-0.39, 0.29) is 17.9 Å². The van der Waals surface area contributed by atoms with Crippen molar-refractivity contribution in [2.75, 3.05) is 26.2 Å². The van der Waals surface area contributed by atoms with Crippen LogP contribution >= 0.6 is 0 Å². The number of carbonyl (C=O) groups is 2. The van der Waals surface area contributed by atoms with Crippen LogP contribution in [0.15, 0.2) is 24.3 Å². The van der Waals surface area contributed by atoms with E-state index >= 15 is 0 Å². The van der Waals surface area contributed by atoms with Crippen molar-refractivity contribution in [2.45, 2.75) is 78.2 Å². The molecular formula is C26H40N2O3. The van der Waals surface area contributed by atoms with Crippen molar-refractivity contribution in [1.82, 2.24) is 9.80 Å². The molecule has 1 aromatic carbocycles. The van der Waals surface area contributed by atoms with Crippen LogP contribution in [-0.2, 0) is 4.79 Å². The van der Waals surface area contributed by atoms with Gasteiger partial charge in [-0.1, -0.05) is 45.2 Å². The molecule has 0 unspecified atom stereocenters. The van der Waals surface area contributed by atoms with E-state index in [2.05, 4.69) is 18.7 Å². The molecule has 0 aromatic heterocycles. The first-order chi connectivity index (χ1) is 15.0. The zero-order valence-corrected chi connectivity index (χ0v) is 19.6. The summed E-state index contributed by atoms with van der Waals surface area (Å²) in [5.74, 6) is 1.62. The third-order valence-corrected chi connectivity index (χ3v) is 6.72. The fraction of sp³-hybridized carbons (Fsp3) is 0.692. The molecule has 0 radical (unpaired) electrons. The van der Waals surface area contributed by atoms with Crippen LogP contribution in [0.1, 0.15) is 82.5 Å². The molecule has 1 aliphatic heterocycles. The Morgan fingerprint density at radius 3 is 2.48 bits per heavy atom. The van der Waals surface area contributed by atoms with Gasteiger partial charge in [0.25, 0.3) is 5.91 Å². The van der Waals surface area contributed by atoms with Gasteiger partial charge in [-0.2, -0.15) is 0 Å². The summed E-state index contributed by atoms with van der Waals surface area (Å²) in [6, 6.07) is 7.58. The number of benzene rings is 1. The number of amides is 2. The second kappa shape index (κ2) is 11.5. The summed E-state index contributed by atoms with van der Waals surface area (Å²) in [6.45, 7) is 9.01. The standard InChI is InChI=1S/C26H40N2O3/c1-4-27-16-10-11-17-28(25(29)21-12-6-5-7-13-21)22(18-20(2)3)19-31-24-15-9-8-14-23(24)26(27)30/h8-9,14-15,20-22H,4-7,10-13,16-19H2,1-3H3/t22-/m0/s1. The van der Waals surface area contributed by atoms with E-state index in [4.69, 9.17) is 4.74 Å². The van der Waals surface area contributed by atoms with Crippen LogP contribution in [0.3, 0.4) is 0 Å². The van der Waals surface area contributed by atoms with Gasteiger partial charge in [0.15, 0.2) is 0 Å². The molecule has 172 valence electrons. The molecule has 1 heterocycles. The Bertz CT molecular complexity index is 727. The lowest BCUT2D eigenvalue weighted by atomic mass is 9.87. The number of ether oxygens (including phenoxy) is 1. The van der Waals surface area contributed by atoms with Gasteiger partial charge in [-0.25, -0.2) is 0 Å². The van der Waals surface area contributed by atoms with E-state index in [1.807, 2.05) is 36.1 Å². The molecule has 2 aliphatic rings. The maximum absolute atomic E-state index is 13.6. The van der Waals surface area contributed by atoms with Crippen molar-refractivity contribution in [3.63, 3.8) is 0 Å². The van der Waals surface area contributed by atoms with E-state index in [9.17, 15) is 9.59 Å². The van der Waals surface area contributed by atoms with Crippen molar-refractivity contribution in [3.05, 3.63) is 29.8 Å². The Morgan fingerprint density at radius 2 is 1.77 bits per heavy atom. The van der Waals surface area contributed by atoms with Gasteiger partial charge in [-0.3, -0.25) is 9.59 Å². The van der Waals surface area contributed by atoms with Crippen LogP contribution in [0.25, 0.3) is 0 Å². The quantitative estimate of drug-likeness (QED) is 0.667. The van der Waals surface area contributed by atoms with Gasteiger partial charge in [-0.15, -0.1) is 0 Å². The first-order valence-electron chi connectivity index (χ1n) is 12.3. The molecule has 3 rings (SSSR count). The summed E-state index contributed by atoms with van der Waals surface area (Å²) in [5.41, 5.74) is 0.623. The number of hydrogen-bond donors (Lipinski definition) is 0.